The van der Waals surface area contributed by atoms with Gasteiger partial charge < -0.3 is 4.57 Å². The topological polar surface area (TPSA) is 61.0 Å². The van der Waals surface area contributed by atoms with Gasteiger partial charge in [0.05, 0.1) is 21.8 Å². The number of benzene rings is 2. The summed E-state index contributed by atoms with van der Waals surface area (Å²) in [5, 5.41) is 13.0. The van der Waals surface area contributed by atoms with E-state index in [1.165, 1.54) is 6.07 Å². The van der Waals surface area contributed by atoms with E-state index in [9.17, 15) is 10.1 Å². The van der Waals surface area contributed by atoms with Gasteiger partial charge in [-0.25, -0.2) is 4.98 Å². The molecule has 0 spiro atoms. The van der Waals surface area contributed by atoms with Crippen molar-refractivity contribution in [2.24, 2.45) is 7.05 Å². The molecule has 23 heavy (non-hydrogen) atoms. The van der Waals surface area contributed by atoms with Crippen molar-refractivity contribution in [2.75, 3.05) is 0 Å². The maximum absolute atomic E-state index is 11.1. The fourth-order valence-electron chi connectivity index (χ4n) is 2.93. The lowest BCUT2D eigenvalue weighted by molar-refractivity contribution is -0.384. The molecule has 116 valence electrons. The highest BCUT2D eigenvalue weighted by molar-refractivity contribution is 6.33. The van der Waals surface area contributed by atoms with Crippen molar-refractivity contribution in [1.29, 1.82) is 0 Å². The van der Waals surface area contributed by atoms with E-state index in [0.717, 1.165) is 27.7 Å². The minimum atomic E-state index is -0.471. The van der Waals surface area contributed by atoms with Crippen molar-refractivity contribution >= 4 is 51.5 Å². The first-order chi connectivity index (χ1) is 10.6. The molecule has 0 radical (unpaired) electrons. The summed E-state index contributed by atoms with van der Waals surface area (Å²) in [6.45, 7) is 0. The molecule has 0 saturated carbocycles. The normalized spacial score (nSPS) is 11.0. The van der Waals surface area contributed by atoms with Gasteiger partial charge in [0.1, 0.15) is 5.02 Å². The summed E-state index contributed by atoms with van der Waals surface area (Å²) >= 11 is 5.98. The van der Waals surface area contributed by atoms with Gasteiger partial charge in [0.15, 0.2) is 0 Å². The second-order valence-electron chi connectivity index (χ2n) is 5.19. The maximum atomic E-state index is 11.1. The highest BCUT2D eigenvalue weighted by Gasteiger charge is 2.21. The molecule has 0 amide bonds. The lowest BCUT2D eigenvalue weighted by Gasteiger charge is -2.11. The van der Waals surface area contributed by atoms with Crippen molar-refractivity contribution in [3.63, 3.8) is 0 Å². The third kappa shape index (κ3) is 2.20. The number of nitrogens with zero attached hydrogens (tertiary/aromatic N) is 3. The number of rotatable bonds is 1. The molecule has 5 nitrogen and oxygen atoms in total. The molecule has 0 aromatic heterocycles. The number of hydrogen-bond donors (Lipinski definition) is 0. The van der Waals surface area contributed by atoms with Crippen molar-refractivity contribution < 1.29 is 4.92 Å². The number of nitro benzene ring substituents is 1. The van der Waals surface area contributed by atoms with Crippen LogP contribution in [0.3, 0.4) is 0 Å². The van der Waals surface area contributed by atoms with Crippen LogP contribution in [0.15, 0.2) is 42.5 Å². The molecule has 0 bridgehead atoms. The first kappa shape index (κ1) is 15.5. The average molecular weight is 348 g/mol. The zero-order valence-electron chi connectivity index (χ0n) is 12.0. The zero-order chi connectivity index (χ0) is 15.4. The van der Waals surface area contributed by atoms with Crippen LogP contribution < -0.4 is 0 Å². The van der Waals surface area contributed by atoms with Crippen LogP contribution in [-0.4, -0.2) is 14.5 Å². The number of para-hydroxylation sites is 1. The Labute approximate surface area is 142 Å². The van der Waals surface area contributed by atoms with Crippen LogP contribution in [0.25, 0.3) is 33.2 Å². The van der Waals surface area contributed by atoms with Crippen LogP contribution in [0.2, 0.25) is 5.02 Å². The number of hydrogen-bond acceptors (Lipinski definition) is 3. The SMILES string of the molecule is Cl.Cn1c2c3cc([N+](=O)[O-])c(Cl)cc3nc-2cc2ccccc21. The van der Waals surface area contributed by atoms with E-state index in [4.69, 9.17) is 11.6 Å². The second kappa shape index (κ2) is 5.37. The summed E-state index contributed by atoms with van der Waals surface area (Å²) in [6.07, 6.45) is 0. The fraction of sp³-hybridized carbons (Fsp3) is 0.0625. The predicted octanol–water partition coefficient (Wildman–Crippen LogP) is 4.81. The smallest absolute Gasteiger partial charge is 0.288 e. The van der Waals surface area contributed by atoms with Crippen LogP contribution in [0.1, 0.15) is 0 Å². The minimum Gasteiger partial charge on any atom is -0.342 e. The Morgan fingerprint density at radius 3 is 2.70 bits per heavy atom. The van der Waals surface area contributed by atoms with Crippen LogP contribution in [-0.2, 0) is 7.05 Å². The quantitative estimate of drug-likeness (QED) is 0.366. The molecule has 0 N–H and O–H groups in total. The standard InChI is InChI=1S/C16H10ClN3O2.ClH/c1-19-14-5-3-2-4-9(14)6-13-16(19)10-7-15(20(21)22)11(17)8-12(10)18-13;/h2-8H,1H3;1H. The van der Waals surface area contributed by atoms with Crippen LogP contribution >= 0.6 is 24.0 Å². The third-order valence-electron chi connectivity index (χ3n) is 3.93. The Bertz CT molecular complexity index is 1040. The molecule has 2 aliphatic rings. The second-order valence-corrected chi connectivity index (χ2v) is 5.59. The van der Waals surface area contributed by atoms with Crippen LogP contribution in [0, 0.1) is 10.1 Å². The molecule has 2 aliphatic heterocycles. The summed E-state index contributed by atoms with van der Waals surface area (Å²) in [5.74, 6) is 0. The fourth-order valence-corrected chi connectivity index (χ4v) is 3.16. The summed E-state index contributed by atoms with van der Waals surface area (Å²) in [7, 11) is 1.94. The zero-order valence-corrected chi connectivity index (χ0v) is 13.6. The number of pyridine rings is 1. The van der Waals surface area contributed by atoms with Gasteiger partial charge in [-0.3, -0.25) is 10.1 Å². The van der Waals surface area contributed by atoms with Gasteiger partial charge >= 0.3 is 0 Å². The summed E-state index contributed by atoms with van der Waals surface area (Å²) in [5.41, 5.74) is 3.27. The molecule has 0 fully saturated rings. The Kier molecular flexibility index (Phi) is 3.62. The first-order valence-corrected chi connectivity index (χ1v) is 7.06. The van der Waals surface area contributed by atoms with Gasteiger partial charge in [-0.1, -0.05) is 29.8 Å². The number of fused-ring (bicyclic) bond motifs is 4. The summed E-state index contributed by atoms with van der Waals surface area (Å²) < 4.78 is 2.01. The van der Waals surface area contributed by atoms with E-state index in [-0.39, 0.29) is 23.1 Å². The van der Waals surface area contributed by atoms with Gasteiger partial charge in [0.2, 0.25) is 0 Å². The van der Waals surface area contributed by atoms with Crippen molar-refractivity contribution in [1.82, 2.24) is 9.55 Å². The summed E-state index contributed by atoms with van der Waals surface area (Å²) in [4.78, 5) is 15.2. The molecule has 2 aromatic carbocycles. The Morgan fingerprint density at radius 2 is 1.96 bits per heavy atom. The van der Waals surface area contributed by atoms with E-state index >= 15 is 0 Å². The Hall–Kier alpha value is -2.37. The highest BCUT2D eigenvalue weighted by atomic mass is 35.5. The average Bonchev–Trinajstić information content (AvgIpc) is 2.83. The lowest BCUT2D eigenvalue weighted by Crippen LogP contribution is -1.98. The highest BCUT2D eigenvalue weighted by Crippen LogP contribution is 2.38. The molecule has 4 rings (SSSR count). The molecule has 0 unspecified atom stereocenters. The van der Waals surface area contributed by atoms with Crippen LogP contribution in [0.5, 0.6) is 0 Å². The van der Waals surface area contributed by atoms with Gasteiger partial charge in [-0.05, 0) is 18.2 Å². The molecule has 0 saturated heterocycles. The van der Waals surface area contributed by atoms with Crippen molar-refractivity contribution in [3.05, 3.63) is 57.6 Å². The lowest BCUT2D eigenvalue weighted by atomic mass is 10.1. The predicted molar refractivity (Wildman–Crippen MR) is 93.8 cm³/mol. The minimum absolute atomic E-state index is 0. The van der Waals surface area contributed by atoms with E-state index in [1.807, 2.05) is 41.9 Å². The van der Waals surface area contributed by atoms with E-state index < -0.39 is 4.92 Å². The number of halogens is 2. The van der Waals surface area contributed by atoms with Gasteiger partial charge in [0, 0.05) is 29.4 Å². The molecular formula is C16H11Cl2N3O2. The summed E-state index contributed by atoms with van der Waals surface area (Å²) in [6, 6.07) is 13.0. The van der Waals surface area contributed by atoms with E-state index in [2.05, 4.69) is 4.98 Å². The molecule has 7 heteroatoms. The molecular weight excluding hydrogens is 337 g/mol. The number of nitro groups is 1. The monoisotopic (exact) mass is 347 g/mol. The van der Waals surface area contributed by atoms with Crippen LogP contribution in [0.4, 0.5) is 5.69 Å². The maximum Gasteiger partial charge on any atom is 0.288 e. The van der Waals surface area contributed by atoms with E-state index in [0.29, 0.717) is 5.52 Å². The Morgan fingerprint density at radius 1 is 1.22 bits per heavy atom. The molecule has 0 atom stereocenters. The number of aryl methyl sites for hydroxylation is 1. The Balaban J connectivity index is 0.00000156. The van der Waals surface area contributed by atoms with Crippen molar-refractivity contribution in [3.8, 4) is 11.4 Å². The first-order valence-electron chi connectivity index (χ1n) is 6.68. The van der Waals surface area contributed by atoms with Gasteiger partial charge in [-0.2, -0.15) is 0 Å². The largest absolute Gasteiger partial charge is 0.342 e. The number of aromatic nitrogens is 2. The molecule has 0 aliphatic carbocycles. The van der Waals surface area contributed by atoms with E-state index in [1.54, 1.807) is 6.07 Å². The van der Waals surface area contributed by atoms with Gasteiger partial charge in [0.25, 0.3) is 5.69 Å². The van der Waals surface area contributed by atoms with Gasteiger partial charge in [-0.15, -0.1) is 12.4 Å². The molecule has 2 aromatic rings. The third-order valence-corrected chi connectivity index (χ3v) is 4.23. The van der Waals surface area contributed by atoms with Crippen molar-refractivity contribution in [2.45, 2.75) is 0 Å². The molecule has 2 heterocycles.